The summed E-state index contributed by atoms with van der Waals surface area (Å²) in [5.74, 6) is 0. The molecule has 1 aliphatic heterocycles. The van der Waals surface area contributed by atoms with E-state index in [1.54, 1.807) is 12.7 Å². The molecule has 0 saturated carbocycles. The molecule has 0 amide bonds. The Bertz CT molecular complexity index is 498. The minimum Gasteiger partial charge on any atom is -0.371 e. The normalized spacial score (nSPS) is 15.5. The summed E-state index contributed by atoms with van der Waals surface area (Å²) in [6, 6.07) is 6.51. The molecule has 0 aliphatic carbocycles. The molecule has 1 aromatic carbocycles. The first-order chi connectivity index (χ1) is 8.34. The van der Waals surface area contributed by atoms with Gasteiger partial charge in [0.1, 0.15) is 12.7 Å². The van der Waals surface area contributed by atoms with E-state index in [1.165, 1.54) is 37.2 Å². The number of benzene rings is 1. The quantitative estimate of drug-likeness (QED) is 0.790. The molecule has 17 heavy (non-hydrogen) atoms. The summed E-state index contributed by atoms with van der Waals surface area (Å²) in [5.41, 5.74) is 3.81. The highest BCUT2D eigenvalue weighted by molar-refractivity contribution is 5.59. The molecule has 1 aromatic heterocycles. The van der Waals surface area contributed by atoms with Gasteiger partial charge in [-0.15, -0.1) is 10.2 Å². The lowest BCUT2D eigenvalue weighted by Crippen LogP contribution is -2.18. The zero-order valence-electron chi connectivity index (χ0n) is 10.0. The molecule has 4 heteroatoms. The summed E-state index contributed by atoms with van der Waals surface area (Å²) in [7, 11) is 0. The second-order valence-electron chi connectivity index (χ2n) is 4.53. The van der Waals surface area contributed by atoms with E-state index in [4.69, 9.17) is 0 Å². The van der Waals surface area contributed by atoms with Gasteiger partial charge < -0.3 is 4.90 Å². The largest absolute Gasteiger partial charge is 0.371 e. The summed E-state index contributed by atoms with van der Waals surface area (Å²) < 4.78 is 1.94. The maximum absolute atomic E-state index is 3.85. The molecule has 0 radical (unpaired) electrons. The van der Waals surface area contributed by atoms with Crippen molar-refractivity contribution in [1.82, 2.24) is 14.8 Å². The Balaban J connectivity index is 2.00. The van der Waals surface area contributed by atoms with Gasteiger partial charge >= 0.3 is 0 Å². The molecule has 3 rings (SSSR count). The lowest BCUT2D eigenvalue weighted by Gasteiger charge is -2.21. The van der Waals surface area contributed by atoms with Gasteiger partial charge in [0, 0.05) is 18.8 Å². The van der Waals surface area contributed by atoms with Gasteiger partial charge in [-0.25, -0.2) is 0 Å². The van der Waals surface area contributed by atoms with E-state index < -0.39 is 0 Å². The Hall–Kier alpha value is -1.84. The minimum atomic E-state index is 1.13. The molecule has 2 heterocycles. The van der Waals surface area contributed by atoms with E-state index in [-0.39, 0.29) is 0 Å². The third-order valence-corrected chi connectivity index (χ3v) is 3.36. The van der Waals surface area contributed by atoms with Crippen molar-refractivity contribution in [3.63, 3.8) is 0 Å². The van der Waals surface area contributed by atoms with Crippen LogP contribution in [-0.2, 0) is 0 Å². The van der Waals surface area contributed by atoms with Crippen LogP contribution in [0.3, 0.4) is 0 Å². The Kier molecular flexibility index (Phi) is 2.55. The molecule has 1 aliphatic rings. The van der Waals surface area contributed by atoms with Crippen molar-refractivity contribution in [3.8, 4) is 5.69 Å². The van der Waals surface area contributed by atoms with E-state index >= 15 is 0 Å². The summed E-state index contributed by atoms with van der Waals surface area (Å²) in [6.45, 7) is 4.52. The van der Waals surface area contributed by atoms with Crippen LogP contribution in [0.15, 0.2) is 30.9 Å². The van der Waals surface area contributed by atoms with Crippen LogP contribution in [0, 0.1) is 6.92 Å². The first kappa shape index (κ1) is 10.3. The number of aromatic nitrogens is 3. The molecule has 0 atom stereocenters. The Morgan fingerprint density at radius 2 is 1.76 bits per heavy atom. The number of hydrogen-bond donors (Lipinski definition) is 0. The highest BCUT2D eigenvalue weighted by Crippen LogP contribution is 2.26. The van der Waals surface area contributed by atoms with Gasteiger partial charge in [-0.1, -0.05) is 6.07 Å². The number of anilines is 1. The molecular formula is C13H16N4. The second kappa shape index (κ2) is 4.20. The SMILES string of the molecule is Cc1ccc(-n2cnnc2)cc1N1CCCC1. The molecule has 1 saturated heterocycles. The van der Waals surface area contributed by atoms with Crippen molar-refractivity contribution in [3.05, 3.63) is 36.4 Å². The van der Waals surface area contributed by atoms with Crippen molar-refractivity contribution < 1.29 is 0 Å². The zero-order valence-corrected chi connectivity index (χ0v) is 10.0. The maximum atomic E-state index is 3.85. The molecule has 1 fully saturated rings. The van der Waals surface area contributed by atoms with Crippen LogP contribution in [0.2, 0.25) is 0 Å². The predicted octanol–water partition coefficient (Wildman–Crippen LogP) is 2.18. The Morgan fingerprint density at radius 1 is 1.06 bits per heavy atom. The molecule has 0 bridgehead atoms. The lowest BCUT2D eigenvalue weighted by atomic mass is 10.1. The van der Waals surface area contributed by atoms with E-state index in [0.717, 1.165) is 5.69 Å². The molecular weight excluding hydrogens is 212 g/mol. The fourth-order valence-electron chi connectivity index (χ4n) is 2.39. The third-order valence-electron chi connectivity index (χ3n) is 3.36. The smallest absolute Gasteiger partial charge is 0.123 e. The summed E-state index contributed by atoms with van der Waals surface area (Å²) in [4.78, 5) is 2.46. The first-order valence-electron chi connectivity index (χ1n) is 6.05. The predicted molar refractivity (Wildman–Crippen MR) is 67.5 cm³/mol. The van der Waals surface area contributed by atoms with Crippen LogP contribution in [0.4, 0.5) is 5.69 Å². The van der Waals surface area contributed by atoms with Crippen LogP contribution in [0.1, 0.15) is 18.4 Å². The number of hydrogen-bond acceptors (Lipinski definition) is 3. The van der Waals surface area contributed by atoms with Crippen molar-refractivity contribution in [1.29, 1.82) is 0 Å². The Labute approximate surface area is 101 Å². The van der Waals surface area contributed by atoms with E-state index in [1.807, 2.05) is 4.57 Å². The van der Waals surface area contributed by atoms with E-state index in [0.29, 0.717) is 0 Å². The van der Waals surface area contributed by atoms with Gasteiger partial charge in [0.05, 0.1) is 5.69 Å². The maximum Gasteiger partial charge on any atom is 0.123 e. The standard InChI is InChI=1S/C13H16N4/c1-11-4-5-12(17-9-14-15-10-17)8-13(11)16-6-2-3-7-16/h4-5,8-10H,2-3,6-7H2,1H3. The van der Waals surface area contributed by atoms with Crippen molar-refractivity contribution in [2.24, 2.45) is 0 Å². The number of rotatable bonds is 2. The summed E-state index contributed by atoms with van der Waals surface area (Å²) in [5, 5.41) is 7.70. The van der Waals surface area contributed by atoms with Crippen LogP contribution >= 0.6 is 0 Å². The second-order valence-corrected chi connectivity index (χ2v) is 4.53. The molecule has 88 valence electrons. The monoisotopic (exact) mass is 228 g/mol. The molecule has 4 nitrogen and oxygen atoms in total. The topological polar surface area (TPSA) is 34.0 Å². The zero-order chi connectivity index (χ0) is 11.7. The molecule has 0 N–H and O–H groups in total. The van der Waals surface area contributed by atoms with E-state index in [2.05, 4.69) is 40.2 Å². The average molecular weight is 228 g/mol. The van der Waals surface area contributed by atoms with Crippen LogP contribution in [0.25, 0.3) is 5.69 Å². The van der Waals surface area contributed by atoms with Crippen LogP contribution in [0.5, 0.6) is 0 Å². The summed E-state index contributed by atoms with van der Waals surface area (Å²) in [6.07, 6.45) is 6.07. The fraction of sp³-hybridized carbons (Fsp3) is 0.385. The lowest BCUT2D eigenvalue weighted by molar-refractivity contribution is 0.949. The number of nitrogens with zero attached hydrogens (tertiary/aromatic N) is 4. The van der Waals surface area contributed by atoms with Gasteiger partial charge in [-0.3, -0.25) is 4.57 Å². The van der Waals surface area contributed by atoms with Crippen molar-refractivity contribution >= 4 is 5.69 Å². The molecule has 0 spiro atoms. The fourth-order valence-corrected chi connectivity index (χ4v) is 2.39. The van der Waals surface area contributed by atoms with Crippen molar-refractivity contribution in [2.75, 3.05) is 18.0 Å². The van der Waals surface area contributed by atoms with Gasteiger partial charge in [0.25, 0.3) is 0 Å². The van der Waals surface area contributed by atoms with Gasteiger partial charge in [-0.05, 0) is 37.5 Å². The molecule has 0 unspecified atom stereocenters. The highest BCUT2D eigenvalue weighted by Gasteiger charge is 2.14. The van der Waals surface area contributed by atoms with Gasteiger partial charge in [0.15, 0.2) is 0 Å². The Morgan fingerprint density at radius 3 is 2.47 bits per heavy atom. The average Bonchev–Trinajstić information content (AvgIpc) is 3.03. The van der Waals surface area contributed by atoms with Crippen LogP contribution < -0.4 is 4.90 Å². The summed E-state index contributed by atoms with van der Waals surface area (Å²) >= 11 is 0. The van der Waals surface area contributed by atoms with Crippen LogP contribution in [-0.4, -0.2) is 27.9 Å². The number of aryl methyl sites for hydroxylation is 1. The van der Waals surface area contributed by atoms with Crippen molar-refractivity contribution in [2.45, 2.75) is 19.8 Å². The molecule has 2 aromatic rings. The third kappa shape index (κ3) is 1.90. The van der Waals surface area contributed by atoms with E-state index in [9.17, 15) is 0 Å². The highest BCUT2D eigenvalue weighted by atomic mass is 15.2. The van der Waals surface area contributed by atoms with Gasteiger partial charge in [-0.2, -0.15) is 0 Å². The first-order valence-corrected chi connectivity index (χ1v) is 6.05. The van der Waals surface area contributed by atoms with Gasteiger partial charge in [0.2, 0.25) is 0 Å². The minimum absolute atomic E-state index is 1.13.